The first-order valence-corrected chi connectivity index (χ1v) is 6.93. The number of aryl methyl sites for hydroxylation is 2. The summed E-state index contributed by atoms with van der Waals surface area (Å²) in [5, 5.41) is 12.4. The number of nitrogens with zero attached hydrogens (tertiary/aromatic N) is 4. The van der Waals surface area contributed by atoms with Crippen LogP contribution in [0.15, 0.2) is 21.3 Å². The topological polar surface area (TPSA) is 56.7 Å². The van der Waals surface area contributed by atoms with Crippen molar-refractivity contribution in [1.82, 2.24) is 19.9 Å². The van der Waals surface area contributed by atoms with E-state index in [1.54, 1.807) is 11.3 Å². The third-order valence-corrected chi connectivity index (χ3v) is 3.92. The molecule has 98 valence electrons. The van der Waals surface area contributed by atoms with Crippen molar-refractivity contribution < 1.29 is 4.52 Å². The number of aromatic nitrogens is 4. The standard InChI is InChI=1S/C13H14N4OS/c1-8-11(9(2)17(3)15-8)6-12-14-13(16-18-12)10-4-5-19-7-10/h4-5,7H,6H2,1-3H3. The summed E-state index contributed by atoms with van der Waals surface area (Å²) in [6, 6.07) is 1.99. The van der Waals surface area contributed by atoms with Crippen molar-refractivity contribution in [2.75, 3.05) is 0 Å². The Bertz CT molecular complexity index is 696. The fourth-order valence-corrected chi connectivity index (χ4v) is 2.69. The Morgan fingerprint density at radius 2 is 2.21 bits per heavy atom. The molecule has 0 aliphatic carbocycles. The van der Waals surface area contributed by atoms with E-state index in [-0.39, 0.29) is 0 Å². The molecule has 0 unspecified atom stereocenters. The van der Waals surface area contributed by atoms with Crippen molar-refractivity contribution in [3.05, 3.63) is 39.7 Å². The quantitative estimate of drug-likeness (QED) is 0.737. The van der Waals surface area contributed by atoms with E-state index < -0.39 is 0 Å². The summed E-state index contributed by atoms with van der Waals surface area (Å²) >= 11 is 1.62. The second-order valence-electron chi connectivity index (χ2n) is 4.47. The molecule has 0 aliphatic heterocycles. The smallest absolute Gasteiger partial charge is 0.231 e. The molecule has 19 heavy (non-hydrogen) atoms. The maximum Gasteiger partial charge on any atom is 0.231 e. The maximum atomic E-state index is 5.32. The van der Waals surface area contributed by atoms with Crippen LogP contribution in [0.5, 0.6) is 0 Å². The van der Waals surface area contributed by atoms with Gasteiger partial charge in [-0.2, -0.15) is 21.4 Å². The van der Waals surface area contributed by atoms with Gasteiger partial charge in [-0.25, -0.2) is 0 Å². The lowest BCUT2D eigenvalue weighted by molar-refractivity contribution is 0.385. The summed E-state index contributed by atoms with van der Waals surface area (Å²) < 4.78 is 7.19. The predicted octanol–water partition coefficient (Wildman–Crippen LogP) is 2.74. The fourth-order valence-electron chi connectivity index (χ4n) is 2.06. The van der Waals surface area contributed by atoms with E-state index in [9.17, 15) is 0 Å². The highest BCUT2D eigenvalue weighted by molar-refractivity contribution is 7.08. The molecule has 0 amide bonds. The van der Waals surface area contributed by atoms with Gasteiger partial charge in [0.1, 0.15) is 0 Å². The van der Waals surface area contributed by atoms with Crippen molar-refractivity contribution in [3.8, 4) is 11.4 Å². The molecule has 3 heterocycles. The Morgan fingerprint density at radius 1 is 1.37 bits per heavy atom. The zero-order valence-electron chi connectivity index (χ0n) is 11.0. The predicted molar refractivity (Wildman–Crippen MR) is 73.1 cm³/mol. The highest BCUT2D eigenvalue weighted by atomic mass is 32.1. The van der Waals surface area contributed by atoms with Crippen LogP contribution in [-0.4, -0.2) is 19.9 Å². The molecule has 0 N–H and O–H groups in total. The number of hydrogen-bond donors (Lipinski definition) is 0. The van der Waals surface area contributed by atoms with Gasteiger partial charge < -0.3 is 4.52 Å². The van der Waals surface area contributed by atoms with Crippen molar-refractivity contribution in [3.63, 3.8) is 0 Å². The average Bonchev–Trinajstić information content (AvgIpc) is 3.08. The van der Waals surface area contributed by atoms with Crippen molar-refractivity contribution in [2.24, 2.45) is 7.05 Å². The van der Waals surface area contributed by atoms with Crippen LogP contribution in [-0.2, 0) is 13.5 Å². The molecule has 3 aromatic rings. The average molecular weight is 274 g/mol. The summed E-state index contributed by atoms with van der Waals surface area (Å²) in [5.41, 5.74) is 4.30. The third-order valence-electron chi connectivity index (χ3n) is 3.23. The Labute approximate surface area is 114 Å². The van der Waals surface area contributed by atoms with E-state index in [2.05, 4.69) is 15.2 Å². The van der Waals surface area contributed by atoms with E-state index in [0.29, 0.717) is 18.1 Å². The molecule has 0 bridgehead atoms. The van der Waals surface area contributed by atoms with Gasteiger partial charge in [-0.1, -0.05) is 5.16 Å². The SMILES string of the molecule is Cc1nn(C)c(C)c1Cc1nc(-c2ccsc2)no1. The molecule has 0 aromatic carbocycles. The van der Waals surface area contributed by atoms with Gasteiger partial charge in [-0.15, -0.1) is 0 Å². The highest BCUT2D eigenvalue weighted by Crippen LogP contribution is 2.21. The molecule has 5 nitrogen and oxygen atoms in total. The number of hydrogen-bond acceptors (Lipinski definition) is 5. The van der Waals surface area contributed by atoms with Crippen LogP contribution >= 0.6 is 11.3 Å². The zero-order chi connectivity index (χ0) is 13.4. The fraction of sp³-hybridized carbons (Fsp3) is 0.308. The molecule has 0 atom stereocenters. The lowest BCUT2D eigenvalue weighted by atomic mass is 10.1. The second-order valence-corrected chi connectivity index (χ2v) is 5.25. The maximum absolute atomic E-state index is 5.32. The van der Waals surface area contributed by atoms with Gasteiger partial charge in [0.2, 0.25) is 11.7 Å². The summed E-state index contributed by atoms with van der Waals surface area (Å²) in [7, 11) is 1.94. The molecule has 3 rings (SSSR count). The van der Waals surface area contributed by atoms with Gasteiger partial charge in [0.15, 0.2) is 0 Å². The summed E-state index contributed by atoms with van der Waals surface area (Å²) in [6.45, 7) is 4.05. The zero-order valence-corrected chi connectivity index (χ0v) is 11.9. The highest BCUT2D eigenvalue weighted by Gasteiger charge is 2.15. The minimum Gasteiger partial charge on any atom is -0.339 e. The molecule has 0 fully saturated rings. The minimum atomic E-state index is 0.625. The third kappa shape index (κ3) is 2.19. The van der Waals surface area contributed by atoms with Gasteiger partial charge in [-0.05, 0) is 25.3 Å². The second kappa shape index (κ2) is 4.62. The normalized spacial score (nSPS) is 11.1. The lowest BCUT2D eigenvalue weighted by Gasteiger charge is -1.97. The molecular formula is C13H14N4OS. The van der Waals surface area contributed by atoms with Crippen LogP contribution in [0.25, 0.3) is 11.4 Å². The molecule has 6 heteroatoms. The van der Waals surface area contributed by atoms with Crippen LogP contribution in [0.1, 0.15) is 22.8 Å². The summed E-state index contributed by atoms with van der Waals surface area (Å²) in [5.74, 6) is 1.27. The summed E-state index contributed by atoms with van der Waals surface area (Å²) in [4.78, 5) is 4.43. The van der Waals surface area contributed by atoms with Gasteiger partial charge in [0.25, 0.3) is 0 Å². The first-order valence-electron chi connectivity index (χ1n) is 5.99. The van der Waals surface area contributed by atoms with E-state index in [1.807, 2.05) is 42.4 Å². The number of thiophene rings is 1. The molecule has 0 saturated carbocycles. The van der Waals surface area contributed by atoms with Crippen molar-refractivity contribution >= 4 is 11.3 Å². The minimum absolute atomic E-state index is 0.625. The Hall–Kier alpha value is -1.95. The van der Waals surface area contributed by atoms with Gasteiger partial charge in [0.05, 0.1) is 12.1 Å². The first-order chi connectivity index (χ1) is 9.15. The molecule has 0 radical (unpaired) electrons. The van der Waals surface area contributed by atoms with E-state index in [4.69, 9.17) is 4.52 Å². The van der Waals surface area contributed by atoms with Crippen LogP contribution in [0, 0.1) is 13.8 Å². The van der Waals surface area contributed by atoms with Crippen LogP contribution in [0.4, 0.5) is 0 Å². The Balaban J connectivity index is 1.88. The van der Waals surface area contributed by atoms with E-state index in [1.165, 1.54) is 0 Å². The van der Waals surface area contributed by atoms with E-state index in [0.717, 1.165) is 22.5 Å². The van der Waals surface area contributed by atoms with Crippen molar-refractivity contribution in [1.29, 1.82) is 0 Å². The monoisotopic (exact) mass is 274 g/mol. The first kappa shape index (κ1) is 12.1. The van der Waals surface area contributed by atoms with Crippen LogP contribution in [0.2, 0.25) is 0 Å². The molecular weight excluding hydrogens is 260 g/mol. The number of rotatable bonds is 3. The van der Waals surface area contributed by atoms with Crippen LogP contribution < -0.4 is 0 Å². The Morgan fingerprint density at radius 3 is 2.84 bits per heavy atom. The molecule has 0 saturated heterocycles. The molecule has 3 aromatic heterocycles. The summed E-state index contributed by atoms with van der Waals surface area (Å²) in [6.07, 6.45) is 0.628. The molecule has 0 spiro atoms. The largest absolute Gasteiger partial charge is 0.339 e. The van der Waals surface area contributed by atoms with Crippen LogP contribution in [0.3, 0.4) is 0 Å². The lowest BCUT2D eigenvalue weighted by Crippen LogP contribution is -1.95. The van der Waals surface area contributed by atoms with Gasteiger partial charge >= 0.3 is 0 Å². The molecule has 0 aliphatic rings. The van der Waals surface area contributed by atoms with Crippen molar-refractivity contribution in [2.45, 2.75) is 20.3 Å². The van der Waals surface area contributed by atoms with E-state index >= 15 is 0 Å². The Kier molecular flexibility index (Phi) is 2.94. The van der Waals surface area contributed by atoms with Gasteiger partial charge in [-0.3, -0.25) is 4.68 Å². The van der Waals surface area contributed by atoms with Gasteiger partial charge in [0, 0.05) is 29.2 Å².